The minimum absolute atomic E-state index is 0.0450. The summed E-state index contributed by atoms with van der Waals surface area (Å²) >= 11 is 0. The van der Waals surface area contributed by atoms with Gasteiger partial charge in [0.1, 0.15) is 11.6 Å². The second kappa shape index (κ2) is 11.0. The number of likely N-dealkylation sites (tertiary alicyclic amines) is 1. The molecule has 2 aliphatic rings. The van der Waals surface area contributed by atoms with Crippen LogP contribution in [0.5, 0.6) is 5.75 Å². The number of amides is 2. The SMILES string of the molecule is O=C(NCc1ccc(N2CCCC2)nc1)C1CCN(C(=O)CCOc2ccccc2)CC1. The maximum Gasteiger partial charge on any atom is 0.225 e. The van der Waals surface area contributed by atoms with Gasteiger partial charge < -0.3 is 19.9 Å². The van der Waals surface area contributed by atoms with Crippen molar-refractivity contribution in [2.45, 2.75) is 38.6 Å². The van der Waals surface area contributed by atoms with E-state index in [0.29, 0.717) is 45.5 Å². The van der Waals surface area contributed by atoms with E-state index in [-0.39, 0.29) is 17.7 Å². The van der Waals surface area contributed by atoms with Gasteiger partial charge in [-0.3, -0.25) is 9.59 Å². The molecule has 170 valence electrons. The molecule has 1 N–H and O–H groups in total. The predicted molar refractivity (Wildman–Crippen MR) is 123 cm³/mol. The van der Waals surface area contributed by atoms with Crippen LogP contribution in [0.4, 0.5) is 5.82 Å². The van der Waals surface area contributed by atoms with Gasteiger partial charge in [0.2, 0.25) is 11.8 Å². The smallest absolute Gasteiger partial charge is 0.225 e. The molecule has 0 atom stereocenters. The fourth-order valence-corrected chi connectivity index (χ4v) is 4.31. The largest absolute Gasteiger partial charge is 0.493 e. The molecule has 0 unspecified atom stereocenters. The summed E-state index contributed by atoms with van der Waals surface area (Å²) in [6, 6.07) is 13.6. The number of anilines is 1. The van der Waals surface area contributed by atoms with E-state index in [2.05, 4.69) is 15.2 Å². The van der Waals surface area contributed by atoms with E-state index < -0.39 is 0 Å². The van der Waals surface area contributed by atoms with Crippen LogP contribution in [-0.4, -0.2) is 54.5 Å². The van der Waals surface area contributed by atoms with Gasteiger partial charge >= 0.3 is 0 Å². The van der Waals surface area contributed by atoms with Gasteiger partial charge in [0, 0.05) is 44.8 Å². The lowest BCUT2D eigenvalue weighted by molar-refractivity contribution is -0.136. The van der Waals surface area contributed by atoms with Crippen molar-refractivity contribution in [3.05, 3.63) is 54.2 Å². The zero-order valence-corrected chi connectivity index (χ0v) is 18.5. The molecule has 1 aromatic heterocycles. The van der Waals surface area contributed by atoms with E-state index in [4.69, 9.17) is 4.74 Å². The van der Waals surface area contributed by atoms with Crippen LogP contribution in [0.15, 0.2) is 48.7 Å². The molecule has 32 heavy (non-hydrogen) atoms. The van der Waals surface area contributed by atoms with Crippen LogP contribution in [-0.2, 0) is 16.1 Å². The van der Waals surface area contributed by atoms with Crippen molar-refractivity contribution in [2.24, 2.45) is 5.92 Å². The highest BCUT2D eigenvalue weighted by atomic mass is 16.5. The number of piperidine rings is 1. The van der Waals surface area contributed by atoms with Gasteiger partial charge in [-0.15, -0.1) is 0 Å². The van der Waals surface area contributed by atoms with E-state index >= 15 is 0 Å². The molecular weight excluding hydrogens is 404 g/mol. The third-order valence-electron chi connectivity index (χ3n) is 6.25. The molecule has 1 aromatic carbocycles. The first-order valence-electron chi connectivity index (χ1n) is 11.6. The topological polar surface area (TPSA) is 74.8 Å². The van der Waals surface area contributed by atoms with Crippen molar-refractivity contribution in [1.29, 1.82) is 0 Å². The molecular formula is C25H32N4O3. The molecule has 2 amide bonds. The van der Waals surface area contributed by atoms with Gasteiger partial charge in [0.15, 0.2) is 0 Å². The number of hydrogen-bond acceptors (Lipinski definition) is 5. The van der Waals surface area contributed by atoms with Crippen LogP contribution in [0.1, 0.15) is 37.7 Å². The van der Waals surface area contributed by atoms with Crippen LogP contribution < -0.4 is 15.0 Å². The number of hydrogen-bond donors (Lipinski definition) is 1. The monoisotopic (exact) mass is 436 g/mol. The molecule has 3 heterocycles. The summed E-state index contributed by atoms with van der Waals surface area (Å²) in [7, 11) is 0. The lowest BCUT2D eigenvalue weighted by Gasteiger charge is -2.31. The van der Waals surface area contributed by atoms with Gasteiger partial charge in [-0.1, -0.05) is 24.3 Å². The van der Waals surface area contributed by atoms with E-state index in [0.717, 1.165) is 30.2 Å². The number of ether oxygens (including phenoxy) is 1. The summed E-state index contributed by atoms with van der Waals surface area (Å²) in [4.78, 5) is 33.7. The van der Waals surface area contributed by atoms with Crippen LogP contribution in [0.3, 0.4) is 0 Å². The molecule has 4 rings (SSSR count). The zero-order chi connectivity index (χ0) is 22.2. The van der Waals surface area contributed by atoms with Gasteiger partial charge in [-0.05, 0) is 49.4 Å². The number of nitrogens with zero attached hydrogens (tertiary/aromatic N) is 3. The molecule has 2 fully saturated rings. The van der Waals surface area contributed by atoms with Crippen molar-refractivity contribution in [1.82, 2.24) is 15.2 Å². The Balaban J connectivity index is 1.14. The van der Waals surface area contributed by atoms with Gasteiger partial charge in [0.05, 0.1) is 13.0 Å². The summed E-state index contributed by atoms with van der Waals surface area (Å²) < 4.78 is 5.62. The Kier molecular flexibility index (Phi) is 7.59. The standard InChI is InChI=1S/C25H32N4O3/c30-24(12-17-32-22-6-2-1-3-7-22)29-15-10-21(11-16-29)25(31)27-19-20-8-9-23(26-18-20)28-13-4-5-14-28/h1-3,6-9,18,21H,4-5,10-17,19H2,(H,27,31). The Hall–Kier alpha value is -3.09. The van der Waals surface area contributed by atoms with Gasteiger partial charge in [-0.25, -0.2) is 4.98 Å². The third-order valence-corrected chi connectivity index (χ3v) is 6.25. The normalized spacial score (nSPS) is 16.8. The molecule has 0 bridgehead atoms. The minimum Gasteiger partial charge on any atom is -0.493 e. The predicted octanol–water partition coefficient (Wildman–Crippen LogP) is 3.01. The highest BCUT2D eigenvalue weighted by Gasteiger charge is 2.27. The number of aromatic nitrogens is 1. The molecule has 0 aliphatic carbocycles. The van der Waals surface area contributed by atoms with Crippen LogP contribution in [0, 0.1) is 5.92 Å². The van der Waals surface area contributed by atoms with Gasteiger partial charge in [0.25, 0.3) is 0 Å². The van der Waals surface area contributed by atoms with Crippen LogP contribution >= 0.6 is 0 Å². The van der Waals surface area contributed by atoms with Crippen LogP contribution in [0.2, 0.25) is 0 Å². The van der Waals surface area contributed by atoms with E-state index in [1.54, 1.807) is 0 Å². The number of carbonyl (C=O) groups excluding carboxylic acids is 2. The van der Waals surface area contributed by atoms with Crippen molar-refractivity contribution in [2.75, 3.05) is 37.7 Å². The Labute approximate surface area is 189 Å². The molecule has 7 heteroatoms. The lowest BCUT2D eigenvalue weighted by atomic mass is 9.95. The average Bonchev–Trinajstić information content (AvgIpc) is 3.39. The molecule has 0 radical (unpaired) electrons. The highest BCUT2D eigenvalue weighted by molar-refractivity contribution is 5.80. The highest BCUT2D eigenvalue weighted by Crippen LogP contribution is 2.20. The number of rotatable bonds is 8. The molecule has 2 aromatic rings. The maximum atomic E-state index is 12.6. The lowest BCUT2D eigenvalue weighted by Crippen LogP contribution is -2.43. The zero-order valence-electron chi connectivity index (χ0n) is 18.5. The van der Waals surface area contributed by atoms with E-state index in [1.807, 2.05) is 53.6 Å². The molecule has 2 aliphatic heterocycles. The Morgan fingerprint density at radius 3 is 2.44 bits per heavy atom. The number of benzene rings is 1. The summed E-state index contributed by atoms with van der Waals surface area (Å²) in [6.45, 7) is 4.24. The quantitative estimate of drug-likeness (QED) is 0.689. The second-order valence-corrected chi connectivity index (χ2v) is 8.50. The Morgan fingerprint density at radius 2 is 1.75 bits per heavy atom. The van der Waals surface area contributed by atoms with Crippen LogP contribution in [0.25, 0.3) is 0 Å². The first-order valence-corrected chi connectivity index (χ1v) is 11.6. The van der Waals surface area contributed by atoms with E-state index in [9.17, 15) is 9.59 Å². The molecule has 7 nitrogen and oxygen atoms in total. The number of para-hydroxylation sites is 1. The summed E-state index contributed by atoms with van der Waals surface area (Å²) in [5.74, 6) is 1.90. The van der Waals surface area contributed by atoms with Crippen molar-refractivity contribution in [3.63, 3.8) is 0 Å². The molecule has 0 spiro atoms. The average molecular weight is 437 g/mol. The summed E-state index contributed by atoms with van der Waals surface area (Å²) in [5, 5.41) is 3.04. The summed E-state index contributed by atoms with van der Waals surface area (Å²) in [6.07, 6.45) is 6.06. The maximum absolute atomic E-state index is 12.6. The Morgan fingerprint density at radius 1 is 1.00 bits per heavy atom. The fraction of sp³-hybridized carbons (Fsp3) is 0.480. The first-order chi connectivity index (χ1) is 15.7. The van der Waals surface area contributed by atoms with Gasteiger partial charge in [-0.2, -0.15) is 0 Å². The number of pyridine rings is 1. The third kappa shape index (κ3) is 5.99. The fourth-order valence-electron chi connectivity index (χ4n) is 4.31. The summed E-state index contributed by atoms with van der Waals surface area (Å²) in [5.41, 5.74) is 1.01. The van der Waals surface area contributed by atoms with Crippen molar-refractivity contribution >= 4 is 17.6 Å². The van der Waals surface area contributed by atoms with E-state index in [1.165, 1.54) is 12.8 Å². The number of carbonyl (C=O) groups is 2. The Bertz CT molecular complexity index is 874. The van der Waals surface area contributed by atoms with Crippen molar-refractivity contribution < 1.29 is 14.3 Å². The number of nitrogens with one attached hydrogen (secondary N) is 1. The van der Waals surface area contributed by atoms with Crippen molar-refractivity contribution in [3.8, 4) is 5.75 Å². The molecule has 0 saturated carbocycles. The second-order valence-electron chi connectivity index (χ2n) is 8.50. The molecule has 2 saturated heterocycles. The first kappa shape index (κ1) is 22.1. The minimum atomic E-state index is -0.0450.